The van der Waals surface area contributed by atoms with Gasteiger partial charge in [0, 0.05) is 26.3 Å². The Labute approximate surface area is 129 Å². The molecule has 0 atom stereocenters. The minimum absolute atomic E-state index is 0.168. The number of amides is 1. The summed E-state index contributed by atoms with van der Waals surface area (Å²) in [5, 5.41) is 4.04. The first-order valence-electron chi connectivity index (χ1n) is 6.96. The number of carbonyl (C=O) groups is 1. The highest BCUT2D eigenvalue weighted by atomic mass is 19.2. The summed E-state index contributed by atoms with van der Waals surface area (Å²) in [6.07, 6.45) is 4.27. The molecule has 4 nitrogen and oxygen atoms in total. The van der Waals surface area contributed by atoms with E-state index in [4.69, 9.17) is 0 Å². The van der Waals surface area contributed by atoms with Crippen LogP contribution in [0.3, 0.4) is 0 Å². The topological polar surface area (TPSA) is 38.1 Å². The van der Waals surface area contributed by atoms with Crippen molar-refractivity contribution in [1.29, 1.82) is 0 Å². The van der Waals surface area contributed by atoms with Gasteiger partial charge in [0.1, 0.15) is 0 Å². The van der Waals surface area contributed by atoms with Gasteiger partial charge in [-0.2, -0.15) is 5.10 Å². The van der Waals surface area contributed by atoms with Crippen LogP contribution in [0.25, 0.3) is 0 Å². The number of nitrogens with zero attached hydrogens (tertiary/aromatic N) is 3. The summed E-state index contributed by atoms with van der Waals surface area (Å²) in [5.41, 5.74) is 0.218. The summed E-state index contributed by atoms with van der Waals surface area (Å²) in [4.78, 5) is 13.4. The van der Waals surface area contributed by atoms with E-state index in [2.05, 4.69) is 5.10 Å². The molecule has 1 saturated heterocycles. The van der Waals surface area contributed by atoms with Gasteiger partial charge in [0.15, 0.2) is 23.3 Å². The molecule has 1 aromatic heterocycles. The lowest BCUT2D eigenvalue weighted by Crippen LogP contribution is -2.51. The minimum atomic E-state index is -1.97. The maximum absolute atomic E-state index is 13.6. The number of aryl methyl sites for hydroxylation is 1. The average Bonchev–Trinajstić information content (AvgIpc) is 2.88. The predicted molar refractivity (Wildman–Crippen MR) is 72.6 cm³/mol. The number of likely N-dealkylation sites (tertiary alicyclic amines) is 1. The monoisotopic (exact) mass is 327 g/mol. The zero-order chi connectivity index (χ0) is 16.7. The van der Waals surface area contributed by atoms with Gasteiger partial charge in [-0.15, -0.1) is 0 Å². The van der Waals surface area contributed by atoms with Crippen molar-refractivity contribution in [2.75, 3.05) is 13.1 Å². The van der Waals surface area contributed by atoms with Crippen molar-refractivity contribution >= 4 is 5.91 Å². The second kappa shape index (κ2) is 5.68. The lowest BCUT2D eigenvalue weighted by molar-refractivity contribution is 0.0494. The van der Waals surface area contributed by atoms with Crippen LogP contribution < -0.4 is 0 Å². The fourth-order valence-electron chi connectivity index (χ4n) is 2.67. The molecule has 0 bridgehead atoms. The number of hydrogen-bond donors (Lipinski definition) is 0. The fraction of sp³-hybridized carbons (Fsp3) is 0.333. The second-order valence-electron chi connectivity index (χ2n) is 5.65. The standard InChI is InChI=1S/C15H13F4N3O/c1-21-5-8(4-20-21)2-9-6-22(7-9)15(23)10-3-11(16)13(18)14(19)12(10)17/h3-5,9H,2,6-7H2,1H3. The zero-order valence-corrected chi connectivity index (χ0v) is 12.2. The molecular weight excluding hydrogens is 314 g/mol. The molecule has 0 spiro atoms. The average molecular weight is 327 g/mol. The largest absolute Gasteiger partial charge is 0.338 e. The van der Waals surface area contributed by atoms with Gasteiger partial charge >= 0.3 is 0 Å². The van der Waals surface area contributed by atoms with E-state index in [1.807, 2.05) is 6.20 Å². The fourth-order valence-corrected chi connectivity index (χ4v) is 2.67. The summed E-state index contributed by atoms with van der Waals surface area (Å²) in [7, 11) is 1.79. The number of rotatable bonds is 3. The highest BCUT2D eigenvalue weighted by Gasteiger charge is 2.34. The maximum atomic E-state index is 13.6. The minimum Gasteiger partial charge on any atom is -0.338 e. The summed E-state index contributed by atoms with van der Waals surface area (Å²) in [5.74, 6) is -7.81. The van der Waals surface area contributed by atoms with Crippen molar-refractivity contribution in [3.63, 3.8) is 0 Å². The predicted octanol–water partition coefficient (Wildman–Crippen LogP) is 2.29. The van der Waals surface area contributed by atoms with Crippen molar-refractivity contribution in [2.45, 2.75) is 6.42 Å². The molecule has 2 aromatic rings. The second-order valence-corrected chi connectivity index (χ2v) is 5.65. The molecule has 122 valence electrons. The molecule has 2 heterocycles. The summed E-state index contributed by atoms with van der Waals surface area (Å²) >= 11 is 0. The molecule has 0 N–H and O–H groups in total. The van der Waals surface area contributed by atoms with Crippen molar-refractivity contribution < 1.29 is 22.4 Å². The molecule has 0 aliphatic carbocycles. The molecule has 3 rings (SSSR count). The number of benzene rings is 1. The Morgan fingerprint density at radius 2 is 1.91 bits per heavy atom. The quantitative estimate of drug-likeness (QED) is 0.493. The first kappa shape index (κ1) is 15.5. The Morgan fingerprint density at radius 1 is 1.22 bits per heavy atom. The van der Waals surface area contributed by atoms with E-state index >= 15 is 0 Å². The zero-order valence-electron chi connectivity index (χ0n) is 12.2. The highest BCUT2D eigenvalue weighted by Crippen LogP contribution is 2.25. The molecule has 1 aliphatic heterocycles. The number of carbonyl (C=O) groups excluding carboxylic acids is 1. The number of aromatic nitrogens is 2. The maximum Gasteiger partial charge on any atom is 0.257 e. The van der Waals surface area contributed by atoms with Crippen LogP contribution in [-0.2, 0) is 13.5 Å². The highest BCUT2D eigenvalue weighted by molar-refractivity contribution is 5.95. The van der Waals surface area contributed by atoms with Gasteiger partial charge in [-0.3, -0.25) is 9.48 Å². The lowest BCUT2D eigenvalue weighted by Gasteiger charge is -2.39. The number of halogens is 4. The Kier molecular flexibility index (Phi) is 3.83. The molecule has 23 heavy (non-hydrogen) atoms. The van der Waals surface area contributed by atoms with Crippen LogP contribution in [0, 0.1) is 29.2 Å². The van der Waals surface area contributed by atoms with E-state index in [-0.39, 0.29) is 5.92 Å². The summed E-state index contributed by atoms with van der Waals surface area (Å²) in [6, 6.07) is 0.393. The van der Waals surface area contributed by atoms with Gasteiger partial charge in [-0.1, -0.05) is 0 Å². The van der Waals surface area contributed by atoms with Crippen LogP contribution in [0.4, 0.5) is 17.6 Å². The molecule has 1 aliphatic rings. The van der Waals surface area contributed by atoms with Crippen LogP contribution in [-0.4, -0.2) is 33.7 Å². The Hall–Kier alpha value is -2.38. The van der Waals surface area contributed by atoms with Crippen molar-refractivity contribution in [1.82, 2.24) is 14.7 Å². The van der Waals surface area contributed by atoms with Crippen LogP contribution in [0.1, 0.15) is 15.9 Å². The Bertz CT molecular complexity index is 768. The third-order valence-electron chi connectivity index (χ3n) is 3.86. The molecule has 1 fully saturated rings. The van der Waals surface area contributed by atoms with E-state index < -0.39 is 34.7 Å². The van der Waals surface area contributed by atoms with Crippen molar-refractivity contribution in [3.8, 4) is 0 Å². The van der Waals surface area contributed by atoms with Gasteiger partial charge in [0.05, 0.1) is 11.8 Å². The molecular formula is C15H13F4N3O. The molecule has 1 aromatic carbocycles. The van der Waals surface area contributed by atoms with E-state index in [1.165, 1.54) is 4.90 Å². The Balaban J connectivity index is 1.67. The summed E-state index contributed by atoms with van der Waals surface area (Å²) in [6.45, 7) is 0.682. The number of hydrogen-bond acceptors (Lipinski definition) is 2. The Morgan fingerprint density at radius 3 is 2.52 bits per heavy atom. The van der Waals surface area contributed by atoms with Gasteiger partial charge in [0.2, 0.25) is 0 Å². The van der Waals surface area contributed by atoms with Crippen LogP contribution in [0.5, 0.6) is 0 Å². The smallest absolute Gasteiger partial charge is 0.257 e. The van der Waals surface area contributed by atoms with Crippen LogP contribution in [0.15, 0.2) is 18.5 Å². The normalized spacial score (nSPS) is 14.9. The van der Waals surface area contributed by atoms with Crippen molar-refractivity contribution in [2.24, 2.45) is 13.0 Å². The third-order valence-corrected chi connectivity index (χ3v) is 3.86. The SMILES string of the molecule is Cn1cc(CC2CN(C(=O)c3cc(F)c(F)c(F)c3F)C2)cn1. The van der Waals surface area contributed by atoms with E-state index in [0.29, 0.717) is 25.6 Å². The third kappa shape index (κ3) is 2.80. The lowest BCUT2D eigenvalue weighted by atomic mass is 9.92. The van der Waals surface area contributed by atoms with Crippen LogP contribution in [0.2, 0.25) is 0 Å². The van der Waals surface area contributed by atoms with E-state index in [9.17, 15) is 22.4 Å². The van der Waals surface area contributed by atoms with E-state index in [0.717, 1.165) is 5.56 Å². The first-order valence-corrected chi connectivity index (χ1v) is 6.96. The molecule has 8 heteroatoms. The van der Waals surface area contributed by atoms with Crippen LogP contribution >= 0.6 is 0 Å². The van der Waals surface area contributed by atoms with Gasteiger partial charge in [-0.05, 0) is 24.0 Å². The van der Waals surface area contributed by atoms with Gasteiger partial charge in [-0.25, -0.2) is 17.6 Å². The van der Waals surface area contributed by atoms with E-state index in [1.54, 1.807) is 17.9 Å². The molecule has 1 amide bonds. The molecule has 0 saturated carbocycles. The first-order chi connectivity index (χ1) is 10.9. The van der Waals surface area contributed by atoms with Gasteiger partial charge < -0.3 is 4.90 Å². The summed E-state index contributed by atoms with van der Waals surface area (Å²) < 4.78 is 54.6. The van der Waals surface area contributed by atoms with Gasteiger partial charge in [0.25, 0.3) is 5.91 Å². The molecule has 0 radical (unpaired) electrons. The van der Waals surface area contributed by atoms with Crippen molar-refractivity contribution in [3.05, 3.63) is 52.9 Å². The molecule has 0 unspecified atom stereocenters.